The smallest absolute Gasteiger partial charge is 0.122 e. The van der Waals surface area contributed by atoms with Crippen LogP contribution in [0, 0.1) is 0 Å². The molecule has 0 aliphatic rings. The fourth-order valence-electron chi connectivity index (χ4n) is 1.44. The van der Waals surface area contributed by atoms with Crippen molar-refractivity contribution in [3.05, 3.63) is 28.2 Å². The summed E-state index contributed by atoms with van der Waals surface area (Å²) in [6, 6.07) is 6.03. The molecule has 1 rings (SSSR count). The first kappa shape index (κ1) is 12.5. The molecule has 0 amide bonds. The van der Waals surface area contributed by atoms with E-state index < -0.39 is 0 Å². The maximum Gasteiger partial charge on any atom is 0.122 e. The summed E-state index contributed by atoms with van der Waals surface area (Å²) < 4.78 is 6.36. The number of methoxy groups -OCH3 is 1. The molecular weight excluding hydrogens is 258 g/mol. The predicted molar refractivity (Wildman–Crippen MR) is 63.8 cm³/mol. The van der Waals surface area contributed by atoms with E-state index in [4.69, 9.17) is 10.6 Å². The van der Waals surface area contributed by atoms with Crippen molar-refractivity contribution >= 4 is 15.9 Å². The first-order valence-corrected chi connectivity index (χ1v) is 5.71. The molecule has 2 N–H and O–H groups in total. The van der Waals surface area contributed by atoms with E-state index in [0.29, 0.717) is 6.61 Å². The Labute approximate surface area is 98.6 Å². The Bertz CT molecular complexity index is 305. The number of ether oxygens (including phenoxy) is 1. The van der Waals surface area contributed by atoms with E-state index in [-0.39, 0.29) is 0 Å². The molecule has 15 heavy (non-hydrogen) atoms. The molecule has 0 atom stereocenters. The zero-order valence-corrected chi connectivity index (χ0v) is 10.4. The summed E-state index contributed by atoms with van der Waals surface area (Å²) >= 11 is 3.45. The van der Waals surface area contributed by atoms with E-state index in [2.05, 4.69) is 26.8 Å². The van der Waals surface area contributed by atoms with Gasteiger partial charge in [-0.25, -0.2) is 5.90 Å². The molecule has 1 aromatic rings. The van der Waals surface area contributed by atoms with Crippen LogP contribution in [0.4, 0.5) is 0 Å². The average Bonchev–Trinajstić information content (AvgIpc) is 2.25. The normalized spacial score (nSPS) is 10.3. The van der Waals surface area contributed by atoms with Crippen LogP contribution in [0.2, 0.25) is 0 Å². The Morgan fingerprint density at radius 3 is 2.80 bits per heavy atom. The van der Waals surface area contributed by atoms with Gasteiger partial charge in [-0.1, -0.05) is 15.9 Å². The minimum Gasteiger partial charge on any atom is -0.496 e. The molecule has 0 unspecified atom stereocenters. The van der Waals surface area contributed by atoms with Gasteiger partial charge in [-0.2, -0.15) is 0 Å². The number of rotatable bonds is 6. The standard InChI is InChI=1S/C11H16BrNO2/c1-14-11-6-5-10(12)8-9(11)4-2-3-7-15-13/h5-6,8H,2-4,7,13H2,1H3. The van der Waals surface area contributed by atoms with Gasteiger partial charge in [0.25, 0.3) is 0 Å². The molecule has 3 nitrogen and oxygen atoms in total. The Balaban J connectivity index is 2.54. The fraction of sp³-hybridized carbons (Fsp3) is 0.455. The molecule has 0 saturated carbocycles. The summed E-state index contributed by atoms with van der Waals surface area (Å²) in [6.07, 6.45) is 2.99. The molecule has 0 spiro atoms. The zero-order chi connectivity index (χ0) is 11.1. The summed E-state index contributed by atoms with van der Waals surface area (Å²) in [5, 5.41) is 0. The average molecular weight is 274 g/mol. The van der Waals surface area contributed by atoms with Crippen LogP contribution in [0.25, 0.3) is 0 Å². The number of nitrogens with two attached hydrogens (primary N) is 1. The highest BCUT2D eigenvalue weighted by atomic mass is 79.9. The van der Waals surface area contributed by atoms with Gasteiger partial charge in [-0.05, 0) is 43.0 Å². The number of aryl methyl sites for hydroxylation is 1. The van der Waals surface area contributed by atoms with Gasteiger partial charge in [-0.15, -0.1) is 0 Å². The SMILES string of the molecule is COc1ccc(Br)cc1CCCCON. The lowest BCUT2D eigenvalue weighted by molar-refractivity contribution is 0.134. The van der Waals surface area contributed by atoms with Crippen LogP contribution in [0.5, 0.6) is 5.75 Å². The van der Waals surface area contributed by atoms with E-state index in [1.165, 1.54) is 5.56 Å². The molecule has 84 valence electrons. The predicted octanol–water partition coefficient (Wildman–Crippen LogP) is 2.67. The number of benzene rings is 1. The van der Waals surface area contributed by atoms with Crippen molar-refractivity contribution in [3.63, 3.8) is 0 Å². The quantitative estimate of drug-likeness (QED) is 0.640. The lowest BCUT2D eigenvalue weighted by Gasteiger charge is -2.08. The van der Waals surface area contributed by atoms with Crippen LogP contribution in [0.15, 0.2) is 22.7 Å². The molecule has 0 aliphatic heterocycles. The summed E-state index contributed by atoms with van der Waals surface area (Å²) in [7, 11) is 1.69. The molecule has 0 bridgehead atoms. The molecule has 0 radical (unpaired) electrons. The lowest BCUT2D eigenvalue weighted by Crippen LogP contribution is -2.01. The maximum atomic E-state index is 5.28. The van der Waals surface area contributed by atoms with Gasteiger partial charge < -0.3 is 9.57 Å². The van der Waals surface area contributed by atoms with Crippen molar-refractivity contribution in [3.8, 4) is 5.75 Å². The summed E-state index contributed by atoms with van der Waals surface area (Å²) in [4.78, 5) is 4.52. The maximum absolute atomic E-state index is 5.28. The van der Waals surface area contributed by atoms with Gasteiger partial charge in [0.15, 0.2) is 0 Å². The van der Waals surface area contributed by atoms with E-state index in [9.17, 15) is 0 Å². The number of unbranched alkanes of at least 4 members (excludes halogenated alkanes) is 1. The van der Waals surface area contributed by atoms with Crippen LogP contribution in [0.1, 0.15) is 18.4 Å². The van der Waals surface area contributed by atoms with Crippen molar-refractivity contribution in [2.45, 2.75) is 19.3 Å². The third kappa shape index (κ3) is 4.20. The summed E-state index contributed by atoms with van der Waals surface area (Å²) in [5.74, 6) is 5.89. The fourth-order valence-corrected chi connectivity index (χ4v) is 1.85. The molecule has 0 saturated heterocycles. The molecule has 0 fully saturated rings. The number of hydrogen-bond acceptors (Lipinski definition) is 3. The highest BCUT2D eigenvalue weighted by molar-refractivity contribution is 9.10. The zero-order valence-electron chi connectivity index (χ0n) is 8.83. The van der Waals surface area contributed by atoms with Crippen LogP contribution in [-0.2, 0) is 11.3 Å². The van der Waals surface area contributed by atoms with Crippen LogP contribution in [-0.4, -0.2) is 13.7 Å². The number of halogens is 1. The van der Waals surface area contributed by atoms with Gasteiger partial charge in [-0.3, -0.25) is 0 Å². The van der Waals surface area contributed by atoms with Crippen molar-refractivity contribution in [1.82, 2.24) is 0 Å². The highest BCUT2D eigenvalue weighted by Crippen LogP contribution is 2.24. The van der Waals surface area contributed by atoms with Gasteiger partial charge in [0.05, 0.1) is 13.7 Å². The Hall–Kier alpha value is -0.580. The molecule has 0 heterocycles. The molecule has 4 heteroatoms. The van der Waals surface area contributed by atoms with Crippen molar-refractivity contribution in [2.75, 3.05) is 13.7 Å². The van der Waals surface area contributed by atoms with Gasteiger partial charge in [0.1, 0.15) is 5.75 Å². The van der Waals surface area contributed by atoms with Gasteiger partial charge >= 0.3 is 0 Å². The second-order valence-corrected chi connectivity index (χ2v) is 4.20. The monoisotopic (exact) mass is 273 g/mol. The second kappa shape index (κ2) is 6.82. The van der Waals surface area contributed by atoms with E-state index in [0.717, 1.165) is 29.5 Å². The first-order valence-electron chi connectivity index (χ1n) is 4.92. The highest BCUT2D eigenvalue weighted by Gasteiger charge is 2.03. The lowest BCUT2D eigenvalue weighted by atomic mass is 10.1. The second-order valence-electron chi connectivity index (χ2n) is 3.28. The molecular formula is C11H16BrNO2. The summed E-state index contributed by atoms with van der Waals surface area (Å²) in [6.45, 7) is 0.607. The van der Waals surface area contributed by atoms with E-state index in [1.807, 2.05) is 12.1 Å². The van der Waals surface area contributed by atoms with E-state index in [1.54, 1.807) is 7.11 Å². The molecule has 1 aromatic carbocycles. The Morgan fingerprint density at radius 1 is 1.33 bits per heavy atom. The largest absolute Gasteiger partial charge is 0.496 e. The van der Waals surface area contributed by atoms with Crippen molar-refractivity contribution in [1.29, 1.82) is 0 Å². The topological polar surface area (TPSA) is 44.5 Å². The first-order chi connectivity index (χ1) is 7.27. The minimum absolute atomic E-state index is 0.607. The summed E-state index contributed by atoms with van der Waals surface area (Å²) in [5.41, 5.74) is 1.21. The van der Waals surface area contributed by atoms with Gasteiger partial charge in [0, 0.05) is 4.47 Å². The molecule has 0 aromatic heterocycles. The third-order valence-corrected chi connectivity index (χ3v) is 2.69. The van der Waals surface area contributed by atoms with Gasteiger partial charge in [0.2, 0.25) is 0 Å². The number of hydrogen-bond donors (Lipinski definition) is 1. The van der Waals surface area contributed by atoms with Crippen LogP contribution in [0.3, 0.4) is 0 Å². The third-order valence-electron chi connectivity index (χ3n) is 2.20. The van der Waals surface area contributed by atoms with E-state index >= 15 is 0 Å². The van der Waals surface area contributed by atoms with Crippen LogP contribution < -0.4 is 10.6 Å². The minimum atomic E-state index is 0.607. The Kier molecular flexibility index (Phi) is 5.68. The van der Waals surface area contributed by atoms with Crippen molar-refractivity contribution < 1.29 is 9.57 Å². The van der Waals surface area contributed by atoms with Crippen molar-refractivity contribution in [2.24, 2.45) is 5.90 Å². The molecule has 0 aliphatic carbocycles. The van der Waals surface area contributed by atoms with Crippen LogP contribution >= 0.6 is 15.9 Å². The Morgan fingerprint density at radius 2 is 2.13 bits per heavy atom.